The van der Waals surface area contributed by atoms with Crippen LogP contribution in [0.5, 0.6) is 0 Å². The van der Waals surface area contributed by atoms with E-state index in [0.29, 0.717) is 18.0 Å². The largest absolute Gasteiger partial charge is 0.302 e. The first kappa shape index (κ1) is 11.2. The third-order valence-corrected chi connectivity index (χ3v) is 3.47. The molecule has 0 saturated carbocycles. The number of nitrogens with zero attached hydrogens (tertiary/aromatic N) is 2. The maximum atomic E-state index is 11.5. The number of amides is 1. The first-order valence-electron chi connectivity index (χ1n) is 4.83. The Kier molecular flexibility index (Phi) is 3.63. The molecule has 1 N–H and O–H groups in total. The van der Waals surface area contributed by atoms with Gasteiger partial charge in [0.2, 0.25) is 5.91 Å². The standard InChI is InChI=1S/C10H11N3OS2/c1-7-4-16-10(12-7)13-9(14)3-2-8-5-15-6-11-8/h4-6H,2-3H2,1H3,(H,12,13,14). The molecule has 2 aromatic rings. The van der Waals surface area contributed by atoms with Crippen molar-refractivity contribution in [1.82, 2.24) is 9.97 Å². The predicted molar refractivity (Wildman–Crippen MR) is 65.9 cm³/mol. The molecule has 4 nitrogen and oxygen atoms in total. The van der Waals surface area contributed by atoms with Crippen molar-refractivity contribution in [3.63, 3.8) is 0 Å². The third kappa shape index (κ3) is 3.11. The maximum Gasteiger partial charge on any atom is 0.226 e. The molecule has 0 radical (unpaired) electrons. The second kappa shape index (κ2) is 5.18. The number of rotatable bonds is 4. The van der Waals surface area contributed by atoms with Crippen LogP contribution >= 0.6 is 22.7 Å². The number of nitrogens with one attached hydrogen (secondary N) is 1. The Hall–Kier alpha value is -1.27. The van der Waals surface area contributed by atoms with Crippen molar-refractivity contribution in [1.29, 1.82) is 0 Å². The van der Waals surface area contributed by atoms with Crippen LogP contribution in [0.1, 0.15) is 17.8 Å². The van der Waals surface area contributed by atoms with Crippen molar-refractivity contribution in [2.45, 2.75) is 19.8 Å². The molecule has 0 saturated heterocycles. The van der Waals surface area contributed by atoms with Crippen LogP contribution in [0.2, 0.25) is 0 Å². The normalized spacial score (nSPS) is 10.3. The fourth-order valence-corrected chi connectivity index (χ4v) is 2.49. The Morgan fingerprint density at radius 1 is 1.50 bits per heavy atom. The molecule has 2 heterocycles. The molecule has 1 amide bonds. The molecule has 0 atom stereocenters. The minimum Gasteiger partial charge on any atom is -0.302 e. The summed E-state index contributed by atoms with van der Waals surface area (Å²) in [5.41, 5.74) is 3.67. The SMILES string of the molecule is Cc1csc(NC(=O)CCc2cscn2)n1. The zero-order valence-corrected chi connectivity index (χ0v) is 10.4. The number of anilines is 1. The van der Waals surface area contributed by atoms with Crippen molar-refractivity contribution in [3.05, 3.63) is 27.7 Å². The molecule has 2 rings (SSSR count). The summed E-state index contributed by atoms with van der Waals surface area (Å²) in [5.74, 6) is -0.0117. The van der Waals surface area contributed by atoms with Crippen LogP contribution < -0.4 is 5.32 Å². The van der Waals surface area contributed by atoms with Gasteiger partial charge in [-0.05, 0) is 13.3 Å². The molecule has 0 fully saturated rings. The van der Waals surface area contributed by atoms with Crippen LogP contribution in [-0.4, -0.2) is 15.9 Å². The molecular formula is C10H11N3OS2. The lowest BCUT2D eigenvalue weighted by Gasteiger charge is -1.99. The van der Waals surface area contributed by atoms with E-state index in [1.165, 1.54) is 11.3 Å². The Balaban J connectivity index is 1.81. The van der Waals surface area contributed by atoms with Gasteiger partial charge in [-0.15, -0.1) is 22.7 Å². The molecule has 0 bridgehead atoms. The van der Waals surface area contributed by atoms with Gasteiger partial charge in [0.1, 0.15) is 0 Å². The van der Waals surface area contributed by atoms with Gasteiger partial charge in [0.05, 0.1) is 16.9 Å². The average Bonchev–Trinajstić information content (AvgIpc) is 2.87. The zero-order chi connectivity index (χ0) is 11.4. The Bertz CT molecular complexity index is 464. The quantitative estimate of drug-likeness (QED) is 0.910. The number of hydrogen-bond acceptors (Lipinski definition) is 5. The molecule has 0 aliphatic rings. The molecule has 2 aromatic heterocycles. The molecule has 0 spiro atoms. The second-order valence-electron chi connectivity index (χ2n) is 3.32. The van der Waals surface area contributed by atoms with Gasteiger partial charge in [-0.3, -0.25) is 4.79 Å². The maximum absolute atomic E-state index is 11.5. The van der Waals surface area contributed by atoms with E-state index in [4.69, 9.17) is 0 Å². The summed E-state index contributed by atoms with van der Waals surface area (Å²) in [7, 11) is 0. The fourth-order valence-electron chi connectivity index (χ4n) is 1.20. The van der Waals surface area contributed by atoms with E-state index >= 15 is 0 Å². The highest BCUT2D eigenvalue weighted by Gasteiger charge is 2.06. The van der Waals surface area contributed by atoms with Gasteiger partial charge >= 0.3 is 0 Å². The van der Waals surface area contributed by atoms with Gasteiger partial charge in [-0.1, -0.05) is 0 Å². The van der Waals surface area contributed by atoms with Crippen LogP contribution in [0.25, 0.3) is 0 Å². The highest BCUT2D eigenvalue weighted by Crippen LogP contribution is 2.14. The van der Waals surface area contributed by atoms with Gasteiger partial charge in [0.25, 0.3) is 0 Å². The summed E-state index contributed by atoms with van der Waals surface area (Å²) in [6.45, 7) is 1.90. The van der Waals surface area contributed by atoms with Crippen molar-refractivity contribution in [2.75, 3.05) is 5.32 Å². The first-order chi connectivity index (χ1) is 7.74. The lowest BCUT2D eigenvalue weighted by atomic mass is 10.2. The highest BCUT2D eigenvalue weighted by molar-refractivity contribution is 7.13. The van der Waals surface area contributed by atoms with E-state index in [-0.39, 0.29) is 5.91 Å². The Morgan fingerprint density at radius 3 is 3.00 bits per heavy atom. The molecule has 16 heavy (non-hydrogen) atoms. The van der Waals surface area contributed by atoms with Gasteiger partial charge in [-0.2, -0.15) is 0 Å². The van der Waals surface area contributed by atoms with E-state index in [1.807, 2.05) is 17.7 Å². The smallest absolute Gasteiger partial charge is 0.226 e. The highest BCUT2D eigenvalue weighted by atomic mass is 32.1. The summed E-state index contributed by atoms with van der Waals surface area (Å²) in [6.07, 6.45) is 1.13. The number of aromatic nitrogens is 2. The van der Waals surface area contributed by atoms with Crippen LogP contribution in [-0.2, 0) is 11.2 Å². The summed E-state index contributed by atoms with van der Waals surface area (Å²) in [4.78, 5) is 19.8. The topological polar surface area (TPSA) is 54.9 Å². The number of aryl methyl sites for hydroxylation is 2. The van der Waals surface area contributed by atoms with Gasteiger partial charge in [0.15, 0.2) is 5.13 Å². The van der Waals surface area contributed by atoms with Gasteiger partial charge in [-0.25, -0.2) is 9.97 Å². The van der Waals surface area contributed by atoms with Gasteiger partial charge < -0.3 is 5.32 Å². The van der Waals surface area contributed by atoms with Crippen molar-refractivity contribution < 1.29 is 4.79 Å². The summed E-state index contributed by atoms with van der Waals surface area (Å²) >= 11 is 2.99. The summed E-state index contributed by atoms with van der Waals surface area (Å²) < 4.78 is 0. The fraction of sp³-hybridized carbons (Fsp3) is 0.300. The van der Waals surface area contributed by atoms with Crippen LogP contribution in [0.4, 0.5) is 5.13 Å². The minimum absolute atomic E-state index is 0.0117. The molecule has 0 aliphatic carbocycles. The first-order valence-corrected chi connectivity index (χ1v) is 6.65. The molecule has 0 aromatic carbocycles. The average molecular weight is 253 g/mol. The molecule has 84 valence electrons. The van der Waals surface area contributed by atoms with E-state index in [2.05, 4.69) is 15.3 Å². The van der Waals surface area contributed by atoms with E-state index in [0.717, 1.165) is 11.4 Å². The second-order valence-corrected chi connectivity index (χ2v) is 4.90. The predicted octanol–water partition coefficient (Wildman–Crippen LogP) is 2.48. The lowest BCUT2D eigenvalue weighted by molar-refractivity contribution is -0.116. The van der Waals surface area contributed by atoms with E-state index < -0.39 is 0 Å². The minimum atomic E-state index is -0.0117. The zero-order valence-electron chi connectivity index (χ0n) is 8.77. The molecular weight excluding hydrogens is 242 g/mol. The molecule has 0 unspecified atom stereocenters. The Labute approximate surface area is 101 Å². The van der Waals surface area contributed by atoms with Crippen LogP contribution in [0.3, 0.4) is 0 Å². The van der Waals surface area contributed by atoms with Crippen LogP contribution in [0.15, 0.2) is 16.3 Å². The molecule has 6 heteroatoms. The number of thiazole rings is 2. The third-order valence-electron chi connectivity index (χ3n) is 1.96. The monoisotopic (exact) mass is 253 g/mol. The lowest BCUT2D eigenvalue weighted by Crippen LogP contribution is -2.12. The van der Waals surface area contributed by atoms with Crippen LogP contribution in [0, 0.1) is 6.92 Å². The van der Waals surface area contributed by atoms with E-state index in [9.17, 15) is 4.79 Å². The van der Waals surface area contributed by atoms with Crippen molar-refractivity contribution in [2.24, 2.45) is 0 Å². The summed E-state index contributed by atoms with van der Waals surface area (Å²) in [6, 6.07) is 0. The molecule has 0 aliphatic heterocycles. The number of carbonyl (C=O) groups is 1. The van der Waals surface area contributed by atoms with Gasteiger partial charge in [0, 0.05) is 17.2 Å². The van der Waals surface area contributed by atoms with E-state index in [1.54, 1.807) is 16.8 Å². The van der Waals surface area contributed by atoms with Crippen molar-refractivity contribution in [3.8, 4) is 0 Å². The number of hydrogen-bond donors (Lipinski definition) is 1. The number of carbonyl (C=O) groups excluding carboxylic acids is 1. The Morgan fingerprint density at radius 2 is 2.38 bits per heavy atom. The van der Waals surface area contributed by atoms with Crippen molar-refractivity contribution >= 4 is 33.7 Å². The summed E-state index contributed by atoms with van der Waals surface area (Å²) in [5, 5.41) is 7.31.